The molecule has 1 unspecified atom stereocenters. The second kappa shape index (κ2) is 6.65. The zero-order valence-corrected chi connectivity index (χ0v) is 12.3. The lowest BCUT2D eigenvalue weighted by molar-refractivity contribution is 0.0696. The minimum atomic E-state index is -0.560. The van der Waals surface area contributed by atoms with Crippen molar-refractivity contribution in [2.45, 2.75) is 6.10 Å². The van der Waals surface area contributed by atoms with Crippen LogP contribution in [0.3, 0.4) is 0 Å². The molecule has 7 heteroatoms. The van der Waals surface area contributed by atoms with Crippen molar-refractivity contribution < 1.29 is 9.84 Å². The van der Waals surface area contributed by atoms with Crippen LogP contribution in [-0.2, 0) is 4.74 Å². The zero-order chi connectivity index (χ0) is 14.5. The van der Waals surface area contributed by atoms with Crippen LogP contribution >= 0.6 is 11.5 Å². The van der Waals surface area contributed by atoms with Crippen molar-refractivity contribution in [1.29, 1.82) is 0 Å². The lowest BCUT2D eigenvalue weighted by atomic mass is 10.1. The van der Waals surface area contributed by atoms with Gasteiger partial charge in [-0.2, -0.15) is 4.37 Å². The molecule has 2 heterocycles. The normalized spacial score (nSPS) is 12.3. The summed E-state index contributed by atoms with van der Waals surface area (Å²) in [5.74, 6) is 0.478. The number of pyridine rings is 1. The van der Waals surface area contributed by atoms with E-state index in [4.69, 9.17) is 10.5 Å². The Hall–Kier alpha value is -1.70. The third kappa shape index (κ3) is 3.24. The Morgan fingerprint density at radius 1 is 1.55 bits per heavy atom. The van der Waals surface area contributed by atoms with E-state index >= 15 is 0 Å². The van der Waals surface area contributed by atoms with Crippen molar-refractivity contribution >= 4 is 22.4 Å². The molecule has 0 amide bonds. The molecule has 0 aliphatic rings. The van der Waals surface area contributed by atoms with Crippen molar-refractivity contribution in [3.05, 3.63) is 24.5 Å². The molecule has 6 nitrogen and oxygen atoms in total. The first-order valence-electron chi connectivity index (χ1n) is 6.17. The summed E-state index contributed by atoms with van der Waals surface area (Å²) in [6.07, 6.45) is 2.91. The third-order valence-electron chi connectivity index (χ3n) is 2.84. The van der Waals surface area contributed by atoms with Crippen LogP contribution in [0.25, 0.3) is 11.1 Å². The molecule has 0 aliphatic carbocycles. The molecule has 0 fully saturated rings. The average molecular weight is 294 g/mol. The van der Waals surface area contributed by atoms with Gasteiger partial charge in [-0.05, 0) is 17.6 Å². The number of aliphatic hydroxyl groups excluding tert-OH is 1. The largest absolute Gasteiger partial charge is 0.389 e. The number of nitrogen functional groups attached to an aromatic ring is 1. The molecule has 2 rings (SSSR count). The van der Waals surface area contributed by atoms with Crippen molar-refractivity contribution in [3.63, 3.8) is 0 Å². The topological polar surface area (TPSA) is 84.5 Å². The molecule has 2 aromatic heterocycles. The Labute approximate surface area is 122 Å². The number of likely N-dealkylation sites (N-methyl/N-ethyl adjacent to an activating group) is 1. The summed E-state index contributed by atoms with van der Waals surface area (Å²) in [6.45, 7) is 0.740. The Morgan fingerprint density at radius 2 is 2.35 bits per heavy atom. The van der Waals surface area contributed by atoms with E-state index in [1.165, 1.54) is 11.5 Å². The molecule has 3 N–H and O–H groups in total. The highest BCUT2D eigenvalue weighted by Crippen LogP contribution is 2.38. The Kier molecular flexibility index (Phi) is 4.89. The molecule has 0 aliphatic heterocycles. The molecule has 2 aromatic rings. The average Bonchev–Trinajstić information content (AvgIpc) is 2.82. The SMILES string of the molecule is COCC(O)CN(C)c1snc(N)c1-c1cccnc1. The fourth-order valence-electron chi connectivity index (χ4n) is 1.98. The summed E-state index contributed by atoms with van der Waals surface area (Å²) >= 11 is 1.31. The molecule has 0 saturated carbocycles. The number of methoxy groups -OCH3 is 1. The van der Waals surface area contributed by atoms with Gasteiger partial charge in [-0.3, -0.25) is 4.98 Å². The summed E-state index contributed by atoms with van der Waals surface area (Å²) < 4.78 is 9.14. The predicted octanol–water partition coefficient (Wildman–Crippen LogP) is 1.23. The maximum atomic E-state index is 9.82. The summed E-state index contributed by atoms with van der Waals surface area (Å²) in [6, 6.07) is 3.80. The van der Waals surface area contributed by atoms with Gasteiger partial charge in [-0.15, -0.1) is 0 Å². The summed E-state index contributed by atoms with van der Waals surface area (Å²) in [5, 5.41) is 10.7. The fourth-order valence-corrected chi connectivity index (χ4v) is 2.78. The van der Waals surface area contributed by atoms with Crippen LogP contribution < -0.4 is 10.6 Å². The summed E-state index contributed by atoms with van der Waals surface area (Å²) in [5.41, 5.74) is 7.73. The third-order valence-corrected chi connectivity index (χ3v) is 3.82. The quantitative estimate of drug-likeness (QED) is 0.833. The van der Waals surface area contributed by atoms with Crippen LogP contribution in [0.15, 0.2) is 24.5 Å². The van der Waals surface area contributed by atoms with Gasteiger partial charge in [0, 0.05) is 38.7 Å². The monoisotopic (exact) mass is 294 g/mol. The van der Waals surface area contributed by atoms with Crippen molar-refractivity contribution in [2.24, 2.45) is 0 Å². The molecule has 0 aromatic carbocycles. The van der Waals surface area contributed by atoms with Gasteiger partial charge in [0.05, 0.1) is 18.3 Å². The van der Waals surface area contributed by atoms with E-state index in [2.05, 4.69) is 9.36 Å². The predicted molar refractivity (Wildman–Crippen MR) is 80.9 cm³/mol. The van der Waals surface area contributed by atoms with Gasteiger partial charge in [0.15, 0.2) is 0 Å². The first kappa shape index (κ1) is 14.7. The van der Waals surface area contributed by atoms with E-state index in [0.717, 1.165) is 16.1 Å². The van der Waals surface area contributed by atoms with E-state index in [1.54, 1.807) is 19.5 Å². The van der Waals surface area contributed by atoms with E-state index in [-0.39, 0.29) is 0 Å². The molecule has 0 radical (unpaired) electrons. The van der Waals surface area contributed by atoms with Crippen LogP contribution in [0.5, 0.6) is 0 Å². The van der Waals surface area contributed by atoms with Gasteiger partial charge < -0.3 is 20.5 Å². The number of aliphatic hydroxyl groups is 1. The highest BCUT2D eigenvalue weighted by atomic mass is 32.1. The van der Waals surface area contributed by atoms with Crippen LogP contribution in [0, 0.1) is 0 Å². The van der Waals surface area contributed by atoms with Gasteiger partial charge in [-0.1, -0.05) is 6.07 Å². The Bertz CT molecular complexity index is 547. The minimum absolute atomic E-state index is 0.293. The molecule has 0 saturated heterocycles. The first-order valence-corrected chi connectivity index (χ1v) is 6.94. The highest BCUT2D eigenvalue weighted by molar-refractivity contribution is 7.11. The van der Waals surface area contributed by atoms with Crippen molar-refractivity contribution in [1.82, 2.24) is 9.36 Å². The molecule has 0 spiro atoms. The molecule has 0 bridgehead atoms. The number of hydrogen-bond donors (Lipinski definition) is 2. The Balaban J connectivity index is 2.25. The van der Waals surface area contributed by atoms with E-state index in [9.17, 15) is 5.11 Å². The number of hydrogen-bond acceptors (Lipinski definition) is 7. The van der Waals surface area contributed by atoms with E-state index in [1.807, 2.05) is 24.1 Å². The van der Waals surface area contributed by atoms with Gasteiger partial charge in [0.2, 0.25) is 0 Å². The lowest BCUT2D eigenvalue weighted by Gasteiger charge is -2.21. The zero-order valence-electron chi connectivity index (χ0n) is 11.5. The maximum Gasteiger partial charge on any atom is 0.147 e. The number of anilines is 2. The standard InChI is InChI=1S/C13H18N4O2S/c1-17(7-10(18)8-19-2)13-11(12(14)16-20-13)9-4-3-5-15-6-9/h3-6,10,18H,7-8H2,1-2H3,(H2,14,16). The first-order chi connectivity index (χ1) is 9.63. The second-order valence-corrected chi connectivity index (χ2v) is 5.23. The van der Waals surface area contributed by atoms with Crippen molar-refractivity contribution in [2.75, 3.05) is 37.9 Å². The van der Waals surface area contributed by atoms with Gasteiger partial charge in [0.25, 0.3) is 0 Å². The number of nitrogens with zero attached hydrogens (tertiary/aromatic N) is 3. The minimum Gasteiger partial charge on any atom is -0.389 e. The van der Waals surface area contributed by atoms with Gasteiger partial charge >= 0.3 is 0 Å². The Morgan fingerprint density at radius 3 is 3.00 bits per heavy atom. The molecule has 1 atom stereocenters. The molecule has 20 heavy (non-hydrogen) atoms. The number of aromatic nitrogens is 2. The number of ether oxygens (including phenoxy) is 1. The molecule has 108 valence electrons. The van der Waals surface area contributed by atoms with Gasteiger partial charge in [0.1, 0.15) is 10.8 Å². The smallest absolute Gasteiger partial charge is 0.147 e. The van der Waals surface area contributed by atoms with Crippen LogP contribution in [0.2, 0.25) is 0 Å². The van der Waals surface area contributed by atoms with Crippen LogP contribution in [-0.4, -0.2) is 47.9 Å². The van der Waals surface area contributed by atoms with E-state index in [0.29, 0.717) is 19.0 Å². The number of nitrogens with two attached hydrogens (primary N) is 1. The lowest BCUT2D eigenvalue weighted by Crippen LogP contribution is -2.31. The summed E-state index contributed by atoms with van der Waals surface area (Å²) in [4.78, 5) is 6.04. The fraction of sp³-hybridized carbons (Fsp3) is 0.385. The van der Waals surface area contributed by atoms with Crippen LogP contribution in [0.4, 0.5) is 10.8 Å². The maximum absolute atomic E-state index is 9.82. The van der Waals surface area contributed by atoms with E-state index < -0.39 is 6.10 Å². The molecular formula is C13H18N4O2S. The highest BCUT2D eigenvalue weighted by Gasteiger charge is 2.19. The van der Waals surface area contributed by atoms with Crippen molar-refractivity contribution in [3.8, 4) is 11.1 Å². The molecular weight excluding hydrogens is 276 g/mol. The summed E-state index contributed by atoms with van der Waals surface area (Å²) in [7, 11) is 3.46. The second-order valence-electron chi connectivity index (χ2n) is 4.48. The van der Waals surface area contributed by atoms with Gasteiger partial charge in [-0.25, -0.2) is 0 Å². The van der Waals surface area contributed by atoms with Crippen LogP contribution in [0.1, 0.15) is 0 Å². The number of rotatable bonds is 6.